The zero-order chi connectivity index (χ0) is 46.6. The van der Waals surface area contributed by atoms with Gasteiger partial charge in [0.15, 0.2) is 12.6 Å². The normalized spacial score (nSPS) is 56.2. The molecule has 0 aromatic rings. The van der Waals surface area contributed by atoms with Gasteiger partial charge in [0.25, 0.3) is 0 Å². The highest BCUT2D eigenvalue weighted by molar-refractivity contribution is 5.78. The van der Waals surface area contributed by atoms with Crippen molar-refractivity contribution in [3.63, 3.8) is 0 Å². The number of esters is 1. The van der Waals surface area contributed by atoms with E-state index >= 15 is 0 Å². The molecule has 366 valence electrons. The van der Waals surface area contributed by atoms with Crippen molar-refractivity contribution in [3.8, 4) is 0 Å². The minimum absolute atomic E-state index is 0.0299. The van der Waals surface area contributed by atoms with E-state index in [2.05, 4.69) is 34.3 Å². The highest BCUT2D eigenvalue weighted by atomic mass is 16.7. The van der Waals surface area contributed by atoms with Crippen molar-refractivity contribution < 1.29 is 84.3 Å². The van der Waals surface area contributed by atoms with E-state index in [-0.39, 0.29) is 59.0 Å². The van der Waals surface area contributed by atoms with Gasteiger partial charge in [-0.05, 0) is 124 Å². The monoisotopic (exact) mass is 913 g/mol. The summed E-state index contributed by atoms with van der Waals surface area (Å²) >= 11 is 0. The van der Waals surface area contributed by atoms with E-state index in [9.17, 15) is 55.9 Å². The number of hydrogen-bond acceptors (Lipinski definition) is 17. The minimum atomic E-state index is -1.69. The van der Waals surface area contributed by atoms with Crippen LogP contribution in [0.3, 0.4) is 0 Å². The fourth-order valence-electron chi connectivity index (χ4n) is 15.6. The first-order valence-corrected chi connectivity index (χ1v) is 23.8. The van der Waals surface area contributed by atoms with Crippen LogP contribution in [0.25, 0.3) is 0 Å². The molecule has 3 saturated heterocycles. The van der Waals surface area contributed by atoms with Crippen molar-refractivity contribution in [1.82, 2.24) is 0 Å². The molecule has 5 saturated carbocycles. The number of aliphatic hydroxyl groups excluding tert-OH is 10. The molecule has 17 heteroatoms. The maximum Gasteiger partial charge on any atom is 0.314 e. The number of rotatable bonds is 9. The number of allylic oxidation sites excluding steroid dienone is 1. The van der Waals surface area contributed by atoms with Crippen LogP contribution in [0.1, 0.15) is 106 Å². The predicted molar refractivity (Wildman–Crippen MR) is 224 cm³/mol. The average molecular weight is 913 g/mol. The third-order valence-corrected chi connectivity index (χ3v) is 19.5. The van der Waals surface area contributed by atoms with Crippen molar-refractivity contribution in [3.05, 3.63) is 12.2 Å². The van der Waals surface area contributed by atoms with Crippen LogP contribution in [-0.4, -0.2) is 169 Å². The van der Waals surface area contributed by atoms with Gasteiger partial charge >= 0.3 is 5.97 Å². The molecule has 10 N–H and O–H groups in total. The van der Waals surface area contributed by atoms with E-state index < -0.39 is 116 Å². The first kappa shape index (κ1) is 49.0. The Morgan fingerprint density at radius 2 is 1.39 bits per heavy atom. The Kier molecular flexibility index (Phi) is 13.4. The molecule has 64 heavy (non-hydrogen) atoms. The van der Waals surface area contributed by atoms with E-state index in [0.717, 1.165) is 50.5 Å². The van der Waals surface area contributed by atoms with Gasteiger partial charge < -0.3 is 79.5 Å². The summed E-state index contributed by atoms with van der Waals surface area (Å²) in [5.41, 5.74) is -1.14. The molecule has 3 aliphatic heterocycles. The summed E-state index contributed by atoms with van der Waals surface area (Å²) in [6.07, 6.45) is -13.0. The number of hydrogen-bond donors (Lipinski definition) is 10. The van der Waals surface area contributed by atoms with Gasteiger partial charge in [-0.15, -0.1) is 0 Å². The lowest BCUT2D eigenvalue weighted by Gasteiger charge is -2.73. The number of carbonyl (C=O) groups is 1. The van der Waals surface area contributed by atoms with Crippen LogP contribution in [0, 0.1) is 56.7 Å². The van der Waals surface area contributed by atoms with E-state index in [1.165, 1.54) is 0 Å². The molecule has 17 nitrogen and oxygen atoms in total. The Bertz CT molecular complexity index is 1720. The van der Waals surface area contributed by atoms with Crippen LogP contribution in [0.15, 0.2) is 12.2 Å². The number of fused-ring (bicyclic) bond motifs is 7. The molecule has 25 atom stereocenters. The van der Waals surface area contributed by atoms with Crippen molar-refractivity contribution >= 4 is 5.97 Å². The molecule has 5 aliphatic carbocycles. The third-order valence-electron chi connectivity index (χ3n) is 19.5. The summed E-state index contributed by atoms with van der Waals surface area (Å²) < 4.78 is 35.7. The summed E-state index contributed by atoms with van der Waals surface area (Å²) in [4.78, 5) is 14.7. The van der Waals surface area contributed by atoms with Crippen LogP contribution in [0.4, 0.5) is 0 Å². The molecule has 0 spiro atoms. The Morgan fingerprint density at radius 1 is 0.688 bits per heavy atom. The topological polar surface area (TPSA) is 275 Å². The van der Waals surface area contributed by atoms with Crippen LogP contribution in [0.2, 0.25) is 0 Å². The lowest BCUT2D eigenvalue weighted by Crippen LogP contribution is -2.68. The van der Waals surface area contributed by atoms with E-state index in [1.54, 1.807) is 6.92 Å². The Labute approximate surface area is 376 Å². The standard InChI is InChI=1S/C47H76O17/c1-21(2)23-10-15-47(42(58)64-40-36(56)34(54)33(53)26(18-48)61-40)17-16-45(6)24(30(23)47)8-9-28-43(4)13-12-29(44(5,20-49)27(43)11-14-46(28,45)7)62-41-37(57)38(31(51)22(3)60-41)63-39-35(55)32(52)25(50)19-59-39/h22-41,48-57H,1,8-20H2,2-7H3/t22-,23-,24+,25-,26+,27+,28+,29-,30+,31-,32-,33+,34-,35+,36+,37+,38+,39-,40-,41-,43-,44+,45+,46+,47-/m0/s1. The second-order valence-electron chi connectivity index (χ2n) is 22.3. The Hall–Kier alpha value is -1.39. The number of aliphatic hydroxyl groups is 10. The predicted octanol–water partition coefficient (Wildman–Crippen LogP) is 0.636. The van der Waals surface area contributed by atoms with Crippen LogP contribution in [0.5, 0.6) is 0 Å². The highest BCUT2D eigenvalue weighted by Crippen LogP contribution is 2.78. The highest BCUT2D eigenvalue weighted by Gasteiger charge is 2.73. The average Bonchev–Trinajstić information content (AvgIpc) is 3.67. The summed E-state index contributed by atoms with van der Waals surface area (Å²) in [6, 6.07) is 0. The van der Waals surface area contributed by atoms with Gasteiger partial charge in [0, 0.05) is 5.41 Å². The zero-order valence-electron chi connectivity index (χ0n) is 38.3. The Balaban J connectivity index is 1.01. The third kappa shape index (κ3) is 7.31. The molecule has 0 aromatic heterocycles. The second kappa shape index (κ2) is 17.5. The maximum absolute atomic E-state index is 14.7. The van der Waals surface area contributed by atoms with E-state index in [1.807, 2.05) is 6.92 Å². The van der Waals surface area contributed by atoms with E-state index in [4.69, 9.17) is 28.4 Å². The summed E-state index contributed by atoms with van der Waals surface area (Å²) in [6.45, 7) is 16.2. The molecule has 0 aromatic carbocycles. The largest absolute Gasteiger partial charge is 0.432 e. The van der Waals surface area contributed by atoms with Gasteiger partial charge in [0.1, 0.15) is 61.0 Å². The van der Waals surface area contributed by atoms with Gasteiger partial charge in [0.05, 0.1) is 37.4 Å². The van der Waals surface area contributed by atoms with Crippen molar-refractivity contribution in [1.29, 1.82) is 0 Å². The molecule has 0 radical (unpaired) electrons. The molecule has 8 aliphatic rings. The molecule has 0 bridgehead atoms. The first-order valence-electron chi connectivity index (χ1n) is 23.8. The quantitative estimate of drug-likeness (QED) is 0.0864. The number of ether oxygens (including phenoxy) is 6. The molecule has 0 amide bonds. The van der Waals surface area contributed by atoms with Gasteiger partial charge in [-0.25, -0.2) is 0 Å². The molecule has 0 unspecified atom stereocenters. The lowest BCUT2D eigenvalue weighted by atomic mass is 9.32. The SMILES string of the molecule is C=C(C)[C@@H]1CC[C@]2(C(=O)O[C@@H]3O[C@H](CO)[C@@H](O)[C@H](O)[C@H]3O)CC[C@]3(C)[C@H](CC[C@@H]4[C@@]5(C)CC[C@H](O[C@@H]6O[C@@H](C)[C@H](O)[C@@H](O[C@@H]7OC[C@H](O)[C@H](O)[C@H]7O)[C@H]6O)[C@](C)(CO)[C@@H]5CC[C@]43C)[C@@H]12. The summed E-state index contributed by atoms with van der Waals surface area (Å²) in [7, 11) is 0. The molecule has 3 heterocycles. The fourth-order valence-corrected chi connectivity index (χ4v) is 15.6. The van der Waals surface area contributed by atoms with Crippen molar-refractivity contribution in [2.24, 2.45) is 56.7 Å². The van der Waals surface area contributed by atoms with Crippen LogP contribution in [-0.2, 0) is 33.2 Å². The van der Waals surface area contributed by atoms with Crippen molar-refractivity contribution in [2.75, 3.05) is 19.8 Å². The molecule has 8 rings (SSSR count). The zero-order valence-corrected chi connectivity index (χ0v) is 38.3. The minimum Gasteiger partial charge on any atom is -0.432 e. The van der Waals surface area contributed by atoms with Gasteiger partial charge in [-0.2, -0.15) is 0 Å². The van der Waals surface area contributed by atoms with Gasteiger partial charge in [0.2, 0.25) is 6.29 Å². The fraction of sp³-hybridized carbons (Fsp3) is 0.936. The van der Waals surface area contributed by atoms with Crippen LogP contribution >= 0.6 is 0 Å². The number of carbonyl (C=O) groups excluding carboxylic acids is 1. The smallest absolute Gasteiger partial charge is 0.314 e. The lowest BCUT2D eigenvalue weighted by molar-refractivity contribution is -0.360. The summed E-state index contributed by atoms with van der Waals surface area (Å²) in [5.74, 6) is -0.0663. The first-order chi connectivity index (χ1) is 30.0. The molecular formula is C47H76O17. The van der Waals surface area contributed by atoms with E-state index in [0.29, 0.717) is 19.3 Å². The molecule has 8 fully saturated rings. The van der Waals surface area contributed by atoms with Crippen LogP contribution < -0.4 is 0 Å². The van der Waals surface area contributed by atoms with Gasteiger partial charge in [-0.1, -0.05) is 39.8 Å². The Morgan fingerprint density at radius 3 is 2.06 bits per heavy atom. The summed E-state index contributed by atoms with van der Waals surface area (Å²) in [5, 5.41) is 106. The second-order valence-corrected chi connectivity index (χ2v) is 22.3. The maximum atomic E-state index is 14.7. The van der Waals surface area contributed by atoms with Crippen molar-refractivity contribution in [2.45, 2.75) is 198 Å². The molecular weight excluding hydrogens is 837 g/mol. The van der Waals surface area contributed by atoms with Gasteiger partial charge in [-0.3, -0.25) is 4.79 Å².